The van der Waals surface area contributed by atoms with E-state index in [1.165, 1.54) is 5.56 Å². The standard InChI is InChI=1S/C21H23N5O2/c1-15-2-6-18(7-3-15)28-19-8-4-16(5-9-19)23-21(27)20-14-26(25-24-20)17-10-12-22-13-11-17/h2-9,14,17,22H,10-13H2,1H3,(H,23,27). The van der Waals surface area contributed by atoms with Gasteiger partial charge in [-0.3, -0.25) is 4.79 Å². The van der Waals surface area contributed by atoms with Crippen molar-refractivity contribution in [2.75, 3.05) is 18.4 Å². The van der Waals surface area contributed by atoms with Crippen LogP contribution in [0.4, 0.5) is 5.69 Å². The van der Waals surface area contributed by atoms with Gasteiger partial charge in [-0.15, -0.1) is 5.10 Å². The fraction of sp³-hybridized carbons (Fsp3) is 0.286. The molecule has 2 N–H and O–H groups in total. The van der Waals surface area contributed by atoms with Crippen LogP contribution in [0.1, 0.15) is 34.9 Å². The van der Waals surface area contributed by atoms with Gasteiger partial charge in [0, 0.05) is 5.69 Å². The molecule has 2 aromatic carbocycles. The monoisotopic (exact) mass is 377 g/mol. The molecule has 0 saturated carbocycles. The van der Waals surface area contributed by atoms with E-state index >= 15 is 0 Å². The second kappa shape index (κ2) is 8.22. The van der Waals surface area contributed by atoms with Crippen molar-refractivity contribution >= 4 is 11.6 Å². The van der Waals surface area contributed by atoms with Crippen LogP contribution in [0, 0.1) is 6.92 Å². The topological polar surface area (TPSA) is 81.1 Å². The minimum Gasteiger partial charge on any atom is -0.457 e. The molecule has 1 amide bonds. The van der Waals surface area contributed by atoms with Crippen molar-refractivity contribution in [1.29, 1.82) is 0 Å². The number of anilines is 1. The smallest absolute Gasteiger partial charge is 0.277 e. The normalized spacial score (nSPS) is 14.6. The Bertz CT molecular complexity index is 928. The van der Waals surface area contributed by atoms with E-state index < -0.39 is 0 Å². The summed E-state index contributed by atoms with van der Waals surface area (Å²) in [6, 6.07) is 15.4. The van der Waals surface area contributed by atoms with E-state index in [0.717, 1.165) is 31.7 Å². The quantitative estimate of drug-likeness (QED) is 0.711. The highest BCUT2D eigenvalue weighted by Gasteiger charge is 2.18. The summed E-state index contributed by atoms with van der Waals surface area (Å²) in [6.45, 7) is 3.96. The lowest BCUT2D eigenvalue weighted by Crippen LogP contribution is -2.29. The van der Waals surface area contributed by atoms with Gasteiger partial charge >= 0.3 is 0 Å². The molecule has 1 fully saturated rings. The van der Waals surface area contributed by atoms with E-state index in [1.54, 1.807) is 23.0 Å². The van der Waals surface area contributed by atoms with Crippen molar-refractivity contribution in [3.05, 3.63) is 66.0 Å². The number of hydrogen-bond donors (Lipinski definition) is 2. The second-order valence-corrected chi connectivity index (χ2v) is 6.96. The lowest BCUT2D eigenvalue weighted by atomic mass is 10.1. The van der Waals surface area contributed by atoms with Crippen LogP contribution in [0.15, 0.2) is 54.7 Å². The summed E-state index contributed by atoms with van der Waals surface area (Å²) in [5, 5.41) is 14.3. The molecule has 0 bridgehead atoms. The predicted octanol–water partition coefficient (Wildman–Crippen LogP) is 3.56. The lowest BCUT2D eigenvalue weighted by molar-refractivity contribution is 0.102. The number of carbonyl (C=O) groups is 1. The maximum Gasteiger partial charge on any atom is 0.277 e. The van der Waals surface area contributed by atoms with Crippen LogP contribution in [0.3, 0.4) is 0 Å². The average Bonchev–Trinajstić information content (AvgIpc) is 3.22. The molecule has 0 spiro atoms. The number of hydrogen-bond acceptors (Lipinski definition) is 5. The molecule has 7 nitrogen and oxygen atoms in total. The first-order valence-electron chi connectivity index (χ1n) is 9.46. The van der Waals surface area contributed by atoms with Crippen molar-refractivity contribution in [3.8, 4) is 11.5 Å². The van der Waals surface area contributed by atoms with Crippen LogP contribution < -0.4 is 15.4 Å². The van der Waals surface area contributed by atoms with Gasteiger partial charge in [-0.1, -0.05) is 22.9 Å². The summed E-state index contributed by atoms with van der Waals surface area (Å²) in [5.41, 5.74) is 2.18. The van der Waals surface area contributed by atoms with Gasteiger partial charge in [0.1, 0.15) is 11.5 Å². The molecule has 3 aromatic rings. The summed E-state index contributed by atoms with van der Waals surface area (Å²) in [6.07, 6.45) is 3.71. The van der Waals surface area contributed by atoms with Gasteiger partial charge in [-0.05, 0) is 69.3 Å². The van der Waals surface area contributed by atoms with E-state index in [4.69, 9.17) is 4.74 Å². The molecular weight excluding hydrogens is 354 g/mol. The Kier molecular flexibility index (Phi) is 5.34. The molecule has 0 aliphatic carbocycles. The molecule has 0 radical (unpaired) electrons. The Labute approximate surface area is 163 Å². The lowest BCUT2D eigenvalue weighted by Gasteiger charge is -2.22. The van der Waals surface area contributed by atoms with Crippen molar-refractivity contribution in [1.82, 2.24) is 20.3 Å². The fourth-order valence-electron chi connectivity index (χ4n) is 3.17. The molecule has 1 saturated heterocycles. The zero-order valence-electron chi connectivity index (χ0n) is 15.8. The summed E-state index contributed by atoms with van der Waals surface area (Å²) >= 11 is 0. The Morgan fingerprint density at radius 2 is 1.71 bits per heavy atom. The third kappa shape index (κ3) is 4.37. The van der Waals surface area contributed by atoms with E-state index in [1.807, 2.05) is 43.3 Å². The first-order valence-corrected chi connectivity index (χ1v) is 9.46. The number of ether oxygens (including phenoxy) is 1. The molecule has 1 aliphatic rings. The highest BCUT2D eigenvalue weighted by molar-refractivity contribution is 6.02. The van der Waals surface area contributed by atoms with E-state index in [9.17, 15) is 4.79 Å². The highest BCUT2D eigenvalue weighted by Crippen LogP contribution is 2.23. The summed E-state index contributed by atoms with van der Waals surface area (Å²) in [5.74, 6) is 1.21. The summed E-state index contributed by atoms with van der Waals surface area (Å²) in [7, 11) is 0. The van der Waals surface area contributed by atoms with Gasteiger partial charge in [-0.2, -0.15) is 0 Å². The molecule has 2 heterocycles. The molecule has 0 unspecified atom stereocenters. The molecule has 1 aliphatic heterocycles. The number of carbonyl (C=O) groups excluding carboxylic acids is 1. The van der Waals surface area contributed by atoms with Crippen LogP contribution in [-0.2, 0) is 0 Å². The minimum absolute atomic E-state index is 0.271. The van der Waals surface area contributed by atoms with Crippen molar-refractivity contribution < 1.29 is 9.53 Å². The third-order valence-corrected chi connectivity index (χ3v) is 4.79. The van der Waals surface area contributed by atoms with Gasteiger partial charge in [0.15, 0.2) is 5.69 Å². The third-order valence-electron chi connectivity index (χ3n) is 4.79. The number of piperidine rings is 1. The van der Waals surface area contributed by atoms with Gasteiger partial charge in [0.25, 0.3) is 5.91 Å². The van der Waals surface area contributed by atoms with Gasteiger partial charge in [0.2, 0.25) is 0 Å². The number of nitrogens with zero attached hydrogens (tertiary/aromatic N) is 3. The largest absolute Gasteiger partial charge is 0.457 e. The molecule has 0 atom stereocenters. The van der Waals surface area contributed by atoms with Crippen molar-refractivity contribution in [2.24, 2.45) is 0 Å². The number of rotatable bonds is 5. The highest BCUT2D eigenvalue weighted by atomic mass is 16.5. The van der Waals surface area contributed by atoms with Crippen LogP contribution in [0.5, 0.6) is 11.5 Å². The van der Waals surface area contributed by atoms with Gasteiger partial charge < -0.3 is 15.4 Å². The first kappa shape index (κ1) is 18.2. The van der Waals surface area contributed by atoms with Crippen molar-refractivity contribution in [3.63, 3.8) is 0 Å². The Morgan fingerprint density at radius 3 is 2.39 bits per heavy atom. The molecular formula is C21H23N5O2. The summed E-state index contributed by atoms with van der Waals surface area (Å²) in [4.78, 5) is 12.4. The van der Waals surface area contributed by atoms with E-state index in [0.29, 0.717) is 23.2 Å². The number of aryl methyl sites for hydroxylation is 1. The zero-order chi connectivity index (χ0) is 19.3. The van der Waals surface area contributed by atoms with Crippen LogP contribution in [0.25, 0.3) is 0 Å². The zero-order valence-corrected chi connectivity index (χ0v) is 15.8. The van der Waals surface area contributed by atoms with E-state index in [-0.39, 0.29) is 5.91 Å². The van der Waals surface area contributed by atoms with Crippen molar-refractivity contribution in [2.45, 2.75) is 25.8 Å². The number of aromatic nitrogens is 3. The summed E-state index contributed by atoms with van der Waals surface area (Å²) < 4.78 is 7.60. The SMILES string of the molecule is Cc1ccc(Oc2ccc(NC(=O)c3cn(C4CCNCC4)nn3)cc2)cc1. The fourth-order valence-corrected chi connectivity index (χ4v) is 3.17. The number of amides is 1. The number of nitrogens with one attached hydrogen (secondary N) is 2. The number of benzene rings is 2. The second-order valence-electron chi connectivity index (χ2n) is 6.96. The first-order chi connectivity index (χ1) is 13.7. The van der Waals surface area contributed by atoms with Gasteiger partial charge in [-0.25, -0.2) is 4.68 Å². The maximum atomic E-state index is 12.4. The average molecular weight is 377 g/mol. The van der Waals surface area contributed by atoms with Crippen LogP contribution in [0.2, 0.25) is 0 Å². The predicted molar refractivity (Wildman–Crippen MR) is 107 cm³/mol. The molecule has 144 valence electrons. The molecule has 1 aromatic heterocycles. The molecule has 4 rings (SSSR count). The maximum absolute atomic E-state index is 12.4. The van der Waals surface area contributed by atoms with Crippen LogP contribution in [-0.4, -0.2) is 34.0 Å². The van der Waals surface area contributed by atoms with E-state index in [2.05, 4.69) is 20.9 Å². The molecule has 7 heteroatoms. The Morgan fingerprint density at radius 1 is 1.07 bits per heavy atom. The Hall–Kier alpha value is -3.19. The van der Waals surface area contributed by atoms with Gasteiger partial charge in [0.05, 0.1) is 12.2 Å². The molecule has 28 heavy (non-hydrogen) atoms. The minimum atomic E-state index is -0.271. The Balaban J connectivity index is 1.36. The van der Waals surface area contributed by atoms with Crippen LogP contribution >= 0.6 is 0 Å².